The number of amides is 2. The van der Waals surface area contributed by atoms with E-state index in [2.05, 4.69) is 5.32 Å². The molecule has 1 aliphatic rings. The Balaban J connectivity index is 1.60. The molecule has 0 bridgehead atoms. The summed E-state index contributed by atoms with van der Waals surface area (Å²) in [7, 11) is -3.87. The van der Waals surface area contributed by atoms with Gasteiger partial charge in [-0.3, -0.25) is 19.7 Å². The molecule has 2 amide bonds. The van der Waals surface area contributed by atoms with Crippen LogP contribution in [0.2, 0.25) is 0 Å². The van der Waals surface area contributed by atoms with Gasteiger partial charge in [0.15, 0.2) is 6.61 Å². The van der Waals surface area contributed by atoms with Gasteiger partial charge in [0.25, 0.3) is 11.8 Å². The third kappa shape index (κ3) is 4.92. The van der Waals surface area contributed by atoms with Crippen LogP contribution in [0.15, 0.2) is 59.5 Å². The molecule has 30 heavy (non-hydrogen) atoms. The van der Waals surface area contributed by atoms with E-state index in [0.717, 1.165) is 9.87 Å². The maximum atomic E-state index is 12.9. The van der Waals surface area contributed by atoms with Crippen molar-refractivity contribution < 1.29 is 27.5 Å². The molecular weight excluding hydrogens is 408 g/mol. The van der Waals surface area contributed by atoms with Gasteiger partial charge in [-0.15, -0.1) is 0 Å². The first-order valence-electron chi connectivity index (χ1n) is 9.43. The van der Waals surface area contributed by atoms with E-state index in [1.807, 2.05) is 6.92 Å². The number of hydrogen-bond acceptors (Lipinski definition) is 6. The maximum Gasteiger partial charge on any atom is 0.324 e. The van der Waals surface area contributed by atoms with E-state index < -0.39 is 40.5 Å². The normalized spacial score (nSPS) is 16.8. The van der Waals surface area contributed by atoms with Crippen molar-refractivity contribution >= 4 is 27.8 Å². The molecule has 158 valence electrons. The molecule has 2 aromatic carbocycles. The van der Waals surface area contributed by atoms with Crippen LogP contribution in [0.3, 0.4) is 0 Å². The van der Waals surface area contributed by atoms with E-state index >= 15 is 0 Å². The fraction of sp³-hybridized carbons (Fsp3) is 0.286. The lowest BCUT2D eigenvalue weighted by molar-refractivity contribution is -0.151. The van der Waals surface area contributed by atoms with Gasteiger partial charge in [0.2, 0.25) is 10.0 Å². The summed E-state index contributed by atoms with van der Waals surface area (Å²) in [5.74, 6) is -2.21. The monoisotopic (exact) mass is 430 g/mol. The molecule has 9 heteroatoms. The number of carbonyl (C=O) groups excluding carboxylic acids is 3. The molecule has 3 rings (SSSR count). The standard InChI is InChI=1S/C21H22N2O6S/c1-15-9-11-17(12-10-15)30(27,28)23-13-5-8-18(23)21(26)29-14-19(24)22-20(25)16-6-3-2-4-7-16/h2-4,6-7,9-12,18H,5,8,13-14H2,1H3,(H,22,24,25). The third-order valence-corrected chi connectivity index (χ3v) is 6.66. The summed E-state index contributed by atoms with van der Waals surface area (Å²) >= 11 is 0. The molecule has 1 fully saturated rings. The quantitative estimate of drug-likeness (QED) is 0.698. The maximum absolute atomic E-state index is 12.9. The van der Waals surface area contributed by atoms with E-state index in [4.69, 9.17) is 4.74 Å². The third-order valence-electron chi connectivity index (χ3n) is 4.74. The summed E-state index contributed by atoms with van der Waals surface area (Å²) in [4.78, 5) is 36.4. The highest BCUT2D eigenvalue weighted by Crippen LogP contribution is 2.27. The summed E-state index contributed by atoms with van der Waals surface area (Å²) in [6.45, 7) is 1.36. The number of nitrogens with one attached hydrogen (secondary N) is 1. The molecule has 1 N–H and O–H groups in total. The van der Waals surface area contributed by atoms with Crippen LogP contribution in [-0.2, 0) is 24.3 Å². The summed E-state index contributed by atoms with van der Waals surface area (Å²) < 4.78 is 31.9. The molecule has 0 spiro atoms. The average Bonchev–Trinajstić information content (AvgIpc) is 3.24. The van der Waals surface area contributed by atoms with Gasteiger partial charge in [-0.05, 0) is 44.0 Å². The van der Waals surface area contributed by atoms with Gasteiger partial charge >= 0.3 is 5.97 Å². The predicted molar refractivity (Wildman–Crippen MR) is 108 cm³/mol. The van der Waals surface area contributed by atoms with Crippen molar-refractivity contribution in [2.45, 2.75) is 30.7 Å². The van der Waals surface area contributed by atoms with Crippen LogP contribution in [0.4, 0.5) is 0 Å². The second kappa shape index (κ2) is 9.19. The molecule has 0 saturated carbocycles. The van der Waals surface area contributed by atoms with Gasteiger partial charge in [0.05, 0.1) is 4.90 Å². The van der Waals surface area contributed by atoms with E-state index in [9.17, 15) is 22.8 Å². The van der Waals surface area contributed by atoms with Crippen molar-refractivity contribution in [3.8, 4) is 0 Å². The Hall–Kier alpha value is -3.04. The average molecular weight is 430 g/mol. The Labute approximate surface area is 174 Å². The second-order valence-corrected chi connectivity index (χ2v) is 8.83. The Morgan fingerprint density at radius 2 is 1.73 bits per heavy atom. The minimum atomic E-state index is -3.87. The van der Waals surface area contributed by atoms with Crippen LogP contribution < -0.4 is 5.32 Å². The van der Waals surface area contributed by atoms with Crippen LogP contribution in [0, 0.1) is 6.92 Å². The van der Waals surface area contributed by atoms with Gasteiger partial charge < -0.3 is 4.74 Å². The predicted octanol–water partition coefficient (Wildman–Crippen LogP) is 1.65. The first-order valence-corrected chi connectivity index (χ1v) is 10.9. The number of aryl methyl sites for hydroxylation is 1. The lowest BCUT2D eigenvalue weighted by atomic mass is 10.2. The largest absolute Gasteiger partial charge is 0.454 e. The second-order valence-electron chi connectivity index (χ2n) is 6.94. The van der Waals surface area contributed by atoms with Crippen LogP contribution in [0.5, 0.6) is 0 Å². The minimum Gasteiger partial charge on any atom is -0.454 e. The van der Waals surface area contributed by atoms with Crippen LogP contribution >= 0.6 is 0 Å². The van der Waals surface area contributed by atoms with Gasteiger partial charge in [0.1, 0.15) is 6.04 Å². The first kappa shape index (κ1) is 21.7. The van der Waals surface area contributed by atoms with Crippen LogP contribution in [-0.4, -0.2) is 49.7 Å². The zero-order valence-electron chi connectivity index (χ0n) is 16.4. The van der Waals surface area contributed by atoms with Crippen LogP contribution in [0.1, 0.15) is 28.8 Å². The Morgan fingerprint density at radius 3 is 2.40 bits per heavy atom. The summed E-state index contributed by atoms with van der Waals surface area (Å²) in [5.41, 5.74) is 1.21. The minimum absolute atomic E-state index is 0.0963. The summed E-state index contributed by atoms with van der Waals surface area (Å²) in [5, 5.41) is 2.13. The topological polar surface area (TPSA) is 110 Å². The number of ether oxygens (including phenoxy) is 1. The number of carbonyl (C=O) groups is 3. The molecule has 1 heterocycles. The fourth-order valence-electron chi connectivity index (χ4n) is 3.17. The van der Waals surface area contributed by atoms with Crippen molar-refractivity contribution in [1.82, 2.24) is 9.62 Å². The summed E-state index contributed by atoms with van der Waals surface area (Å²) in [6, 6.07) is 13.5. The molecule has 2 aromatic rings. The SMILES string of the molecule is Cc1ccc(S(=O)(=O)N2CCCC2C(=O)OCC(=O)NC(=O)c2ccccc2)cc1. The number of nitrogens with zero attached hydrogens (tertiary/aromatic N) is 1. The number of hydrogen-bond donors (Lipinski definition) is 1. The first-order chi connectivity index (χ1) is 14.3. The molecule has 1 atom stereocenters. The van der Waals surface area contributed by atoms with E-state index in [1.165, 1.54) is 12.1 Å². The molecule has 0 radical (unpaired) electrons. The molecule has 8 nitrogen and oxygen atoms in total. The Bertz CT molecular complexity index is 1030. The van der Waals surface area contributed by atoms with E-state index in [1.54, 1.807) is 42.5 Å². The molecule has 1 unspecified atom stereocenters. The Morgan fingerprint density at radius 1 is 1.07 bits per heavy atom. The Kier molecular flexibility index (Phi) is 6.63. The van der Waals surface area contributed by atoms with Gasteiger partial charge in [-0.1, -0.05) is 35.9 Å². The van der Waals surface area contributed by atoms with Crippen LogP contribution in [0.25, 0.3) is 0 Å². The van der Waals surface area contributed by atoms with E-state index in [-0.39, 0.29) is 11.4 Å². The molecule has 1 saturated heterocycles. The number of sulfonamides is 1. The zero-order valence-corrected chi connectivity index (χ0v) is 17.2. The zero-order chi connectivity index (χ0) is 21.7. The van der Waals surface area contributed by atoms with Gasteiger partial charge in [-0.2, -0.15) is 4.31 Å². The fourth-order valence-corrected chi connectivity index (χ4v) is 4.81. The van der Waals surface area contributed by atoms with Crippen molar-refractivity contribution in [2.24, 2.45) is 0 Å². The molecule has 0 aromatic heterocycles. The van der Waals surface area contributed by atoms with Gasteiger partial charge in [0, 0.05) is 12.1 Å². The molecular formula is C21H22N2O6S. The van der Waals surface area contributed by atoms with Crippen molar-refractivity contribution in [3.05, 3.63) is 65.7 Å². The van der Waals surface area contributed by atoms with E-state index in [0.29, 0.717) is 18.4 Å². The summed E-state index contributed by atoms with van der Waals surface area (Å²) in [6.07, 6.45) is 0.804. The smallest absolute Gasteiger partial charge is 0.324 e. The van der Waals surface area contributed by atoms with Crippen molar-refractivity contribution in [2.75, 3.05) is 13.2 Å². The molecule has 0 aliphatic carbocycles. The van der Waals surface area contributed by atoms with Gasteiger partial charge in [-0.25, -0.2) is 8.42 Å². The molecule has 1 aliphatic heterocycles. The lowest BCUT2D eigenvalue weighted by Crippen LogP contribution is -2.42. The number of esters is 1. The highest BCUT2D eigenvalue weighted by molar-refractivity contribution is 7.89. The lowest BCUT2D eigenvalue weighted by Gasteiger charge is -2.22. The number of benzene rings is 2. The van der Waals surface area contributed by atoms with Crippen molar-refractivity contribution in [1.29, 1.82) is 0 Å². The van der Waals surface area contributed by atoms with Crippen molar-refractivity contribution in [3.63, 3.8) is 0 Å². The number of rotatable bonds is 6. The number of imide groups is 1. The highest BCUT2D eigenvalue weighted by Gasteiger charge is 2.40. The highest BCUT2D eigenvalue weighted by atomic mass is 32.2.